The minimum absolute atomic E-state index is 0. The molecule has 0 spiro atoms. The van der Waals surface area contributed by atoms with Gasteiger partial charge in [0.05, 0.1) is 5.41 Å². The van der Waals surface area contributed by atoms with Gasteiger partial charge in [-0.05, 0) is 24.8 Å². The maximum atomic E-state index is 12.5. The number of carbonyl (C=O) groups is 1. The molecule has 1 aliphatic heterocycles. The molecule has 0 aromatic heterocycles. The van der Waals surface area contributed by atoms with Gasteiger partial charge < -0.3 is 15.8 Å². The first-order chi connectivity index (χ1) is 9.75. The first-order valence-electron chi connectivity index (χ1n) is 7.39. The molecule has 1 amide bonds. The molecule has 0 radical (unpaired) electrons. The maximum Gasteiger partial charge on any atom is 0.227 e. The number of benzene rings is 1. The summed E-state index contributed by atoms with van der Waals surface area (Å²) < 4.78 is 5.35. The molecular weight excluding hydrogens is 288 g/mol. The highest BCUT2D eigenvalue weighted by Crippen LogP contribution is 2.41. The first kappa shape index (κ1) is 16.3. The van der Waals surface area contributed by atoms with Gasteiger partial charge in [0.2, 0.25) is 5.91 Å². The van der Waals surface area contributed by atoms with E-state index in [4.69, 9.17) is 10.5 Å². The molecule has 1 heterocycles. The van der Waals surface area contributed by atoms with Gasteiger partial charge in [0.1, 0.15) is 0 Å². The maximum absolute atomic E-state index is 12.5. The zero-order valence-electron chi connectivity index (χ0n) is 12.1. The van der Waals surface area contributed by atoms with Crippen LogP contribution in [0.3, 0.4) is 0 Å². The summed E-state index contributed by atoms with van der Waals surface area (Å²) in [4.78, 5) is 12.5. The number of carbonyl (C=O) groups excluding carboxylic acids is 1. The smallest absolute Gasteiger partial charge is 0.227 e. The summed E-state index contributed by atoms with van der Waals surface area (Å²) in [5.41, 5.74) is 6.76. The number of nitrogens with two attached hydrogens (primary N) is 1. The van der Waals surface area contributed by atoms with Crippen LogP contribution in [0.15, 0.2) is 30.3 Å². The van der Waals surface area contributed by atoms with E-state index >= 15 is 0 Å². The number of hydrogen-bond acceptors (Lipinski definition) is 3. The van der Waals surface area contributed by atoms with E-state index in [9.17, 15) is 4.79 Å². The van der Waals surface area contributed by atoms with Crippen molar-refractivity contribution in [2.24, 2.45) is 11.1 Å². The molecule has 116 valence electrons. The van der Waals surface area contributed by atoms with E-state index in [0.717, 1.165) is 19.3 Å². The second-order valence-corrected chi connectivity index (χ2v) is 5.93. The van der Waals surface area contributed by atoms with Crippen LogP contribution >= 0.6 is 12.4 Å². The lowest BCUT2D eigenvalue weighted by Crippen LogP contribution is -2.49. The highest BCUT2D eigenvalue weighted by Gasteiger charge is 2.45. The lowest BCUT2D eigenvalue weighted by atomic mass is 9.79. The van der Waals surface area contributed by atoms with Gasteiger partial charge >= 0.3 is 0 Å². The Morgan fingerprint density at radius 1 is 1.29 bits per heavy atom. The molecule has 21 heavy (non-hydrogen) atoms. The van der Waals surface area contributed by atoms with E-state index in [1.807, 2.05) is 18.2 Å². The average Bonchev–Trinajstić information content (AvgIpc) is 3.28. The molecule has 2 unspecified atom stereocenters. The van der Waals surface area contributed by atoms with E-state index in [1.165, 1.54) is 5.56 Å². The molecule has 1 saturated carbocycles. The number of hydrogen-bond donors (Lipinski definition) is 2. The average molecular weight is 311 g/mol. The quantitative estimate of drug-likeness (QED) is 0.892. The number of nitrogens with one attached hydrogen (secondary N) is 1. The topological polar surface area (TPSA) is 64.4 Å². The molecule has 1 aliphatic carbocycles. The third-order valence-electron chi connectivity index (χ3n) is 4.66. The highest BCUT2D eigenvalue weighted by molar-refractivity contribution is 5.85. The van der Waals surface area contributed by atoms with Crippen molar-refractivity contribution < 1.29 is 9.53 Å². The second kappa shape index (κ2) is 6.77. The summed E-state index contributed by atoms with van der Waals surface area (Å²) in [7, 11) is 0. The molecule has 4 nitrogen and oxygen atoms in total. The third kappa shape index (κ3) is 3.39. The second-order valence-electron chi connectivity index (χ2n) is 5.93. The Morgan fingerprint density at radius 2 is 1.95 bits per heavy atom. The van der Waals surface area contributed by atoms with Gasteiger partial charge in [0.25, 0.3) is 0 Å². The van der Waals surface area contributed by atoms with Crippen molar-refractivity contribution in [2.45, 2.75) is 31.2 Å². The van der Waals surface area contributed by atoms with Crippen molar-refractivity contribution in [1.82, 2.24) is 5.32 Å². The van der Waals surface area contributed by atoms with E-state index < -0.39 is 5.41 Å². The molecule has 2 fully saturated rings. The number of amides is 1. The molecule has 5 heteroatoms. The predicted octanol–water partition coefficient (Wildman–Crippen LogP) is 1.84. The molecule has 3 rings (SSSR count). The summed E-state index contributed by atoms with van der Waals surface area (Å²) >= 11 is 0. The lowest BCUT2D eigenvalue weighted by molar-refractivity contribution is -0.136. The normalized spacial score (nSPS) is 26.5. The Labute approximate surface area is 131 Å². The fourth-order valence-electron chi connectivity index (χ4n) is 3.03. The summed E-state index contributed by atoms with van der Waals surface area (Å²) in [5.74, 6) is 0.585. The summed E-state index contributed by atoms with van der Waals surface area (Å²) in [6.45, 7) is 1.68. The Bertz CT molecular complexity index is 474. The predicted molar refractivity (Wildman–Crippen MR) is 84.5 cm³/mol. The minimum Gasteiger partial charge on any atom is -0.381 e. The molecule has 3 N–H and O–H groups in total. The van der Waals surface area contributed by atoms with Gasteiger partial charge in [0.15, 0.2) is 0 Å². The Balaban J connectivity index is 0.00000161. The SMILES string of the molecule is Cl.NCC1(C(=O)NC2CC2c2ccccc2)CCOCC1. The zero-order chi connectivity index (χ0) is 14.0. The summed E-state index contributed by atoms with van der Waals surface area (Å²) in [6, 6.07) is 10.6. The van der Waals surface area contributed by atoms with E-state index in [2.05, 4.69) is 17.4 Å². The van der Waals surface area contributed by atoms with Crippen LogP contribution in [0.25, 0.3) is 0 Å². The first-order valence-corrected chi connectivity index (χ1v) is 7.39. The van der Waals surface area contributed by atoms with Crippen molar-refractivity contribution in [2.75, 3.05) is 19.8 Å². The standard InChI is InChI=1S/C16H22N2O2.ClH/c17-11-16(6-8-20-9-7-16)15(19)18-14-10-13(14)12-4-2-1-3-5-12;/h1-5,13-14H,6-11,17H2,(H,18,19);1H. The highest BCUT2D eigenvalue weighted by atomic mass is 35.5. The summed E-state index contributed by atoms with van der Waals surface area (Å²) in [6.07, 6.45) is 2.50. The monoisotopic (exact) mass is 310 g/mol. The Morgan fingerprint density at radius 3 is 2.57 bits per heavy atom. The van der Waals surface area contributed by atoms with E-state index in [0.29, 0.717) is 25.7 Å². The van der Waals surface area contributed by atoms with Crippen molar-refractivity contribution in [1.29, 1.82) is 0 Å². The van der Waals surface area contributed by atoms with Gasteiger partial charge in [-0.25, -0.2) is 0 Å². The third-order valence-corrected chi connectivity index (χ3v) is 4.66. The van der Waals surface area contributed by atoms with Crippen molar-refractivity contribution in [3.8, 4) is 0 Å². The number of ether oxygens (including phenoxy) is 1. The van der Waals surface area contributed by atoms with Gasteiger partial charge in [0, 0.05) is 31.7 Å². The van der Waals surface area contributed by atoms with Crippen molar-refractivity contribution in [3.05, 3.63) is 35.9 Å². The number of halogens is 1. The van der Waals surface area contributed by atoms with Crippen LogP contribution in [0.5, 0.6) is 0 Å². The Kier molecular flexibility index (Phi) is 5.25. The molecule has 0 bridgehead atoms. The lowest BCUT2D eigenvalue weighted by Gasteiger charge is -2.34. The van der Waals surface area contributed by atoms with Gasteiger partial charge in [-0.15, -0.1) is 12.4 Å². The van der Waals surface area contributed by atoms with Crippen molar-refractivity contribution >= 4 is 18.3 Å². The minimum atomic E-state index is -0.415. The number of rotatable bonds is 4. The molecule has 1 aromatic rings. The van der Waals surface area contributed by atoms with Crippen LogP contribution in [0.1, 0.15) is 30.7 Å². The van der Waals surface area contributed by atoms with Crippen molar-refractivity contribution in [3.63, 3.8) is 0 Å². The van der Waals surface area contributed by atoms with Crippen LogP contribution in [0.2, 0.25) is 0 Å². The van der Waals surface area contributed by atoms with Gasteiger partial charge in [-0.2, -0.15) is 0 Å². The van der Waals surface area contributed by atoms with Crippen LogP contribution in [0, 0.1) is 5.41 Å². The van der Waals surface area contributed by atoms with Crippen LogP contribution < -0.4 is 11.1 Å². The zero-order valence-corrected chi connectivity index (χ0v) is 12.9. The molecule has 1 saturated heterocycles. The molecular formula is C16H23ClN2O2. The largest absolute Gasteiger partial charge is 0.381 e. The van der Waals surface area contributed by atoms with Crippen LogP contribution in [0.4, 0.5) is 0 Å². The van der Waals surface area contributed by atoms with E-state index in [1.54, 1.807) is 0 Å². The molecule has 2 aliphatic rings. The molecule has 1 aromatic carbocycles. The molecule has 2 atom stereocenters. The fraction of sp³-hybridized carbons (Fsp3) is 0.562. The van der Waals surface area contributed by atoms with Crippen LogP contribution in [-0.2, 0) is 9.53 Å². The van der Waals surface area contributed by atoms with Gasteiger partial charge in [-0.1, -0.05) is 30.3 Å². The fourth-order valence-corrected chi connectivity index (χ4v) is 3.03. The summed E-state index contributed by atoms with van der Waals surface area (Å²) in [5, 5.41) is 3.19. The van der Waals surface area contributed by atoms with E-state index in [-0.39, 0.29) is 24.4 Å². The van der Waals surface area contributed by atoms with Crippen LogP contribution in [-0.4, -0.2) is 31.7 Å². The van der Waals surface area contributed by atoms with Gasteiger partial charge in [-0.3, -0.25) is 4.79 Å². The Hall–Kier alpha value is -1.10.